The predicted octanol–water partition coefficient (Wildman–Crippen LogP) is 3.49. The van der Waals surface area contributed by atoms with Crippen molar-refractivity contribution in [2.24, 2.45) is 0 Å². The summed E-state index contributed by atoms with van der Waals surface area (Å²) in [6, 6.07) is 13.8. The van der Waals surface area contributed by atoms with Crippen LogP contribution in [-0.4, -0.2) is 29.2 Å². The van der Waals surface area contributed by atoms with Crippen molar-refractivity contribution < 1.29 is 4.74 Å². The Morgan fingerprint density at radius 3 is 2.74 bits per heavy atom. The van der Waals surface area contributed by atoms with Gasteiger partial charge in [-0.2, -0.15) is 0 Å². The van der Waals surface area contributed by atoms with Crippen LogP contribution in [0.5, 0.6) is 5.75 Å². The Morgan fingerprint density at radius 2 is 2.00 bits per heavy atom. The van der Waals surface area contributed by atoms with Crippen LogP contribution in [0.3, 0.4) is 0 Å². The second-order valence-electron chi connectivity index (χ2n) is 5.42. The minimum absolute atomic E-state index is 0.202. The van der Waals surface area contributed by atoms with Crippen LogP contribution in [0.15, 0.2) is 53.1 Å². The third kappa shape index (κ3) is 3.13. The van der Waals surface area contributed by atoms with Gasteiger partial charge in [0.15, 0.2) is 0 Å². The van der Waals surface area contributed by atoms with Gasteiger partial charge in [-0.15, -0.1) is 0 Å². The summed E-state index contributed by atoms with van der Waals surface area (Å²) in [6.45, 7) is 1.74. The number of ether oxygens (including phenoxy) is 1. The fraction of sp³-hybridized carbons (Fsp3) is 0.176. The van der Waals surface area contributed by atoms with Gasteiger partial charge >= 0.3 is 0 Å². The molecule has 5 nitrogen and oxygen atoms in total. The quantitative estimate of drug-likeness (QED) is 0.735. The Morgan fingerprint density at radius 1 is 1.17 bits per heavy atom. The molecule has 0 radical (unpaired) electrons. The molecule has 116 valence electrons. The first kappa shape index (κ1) is 14.4. The van der Waals surface area contributed by atoms with E-state index >= 15 is 0 Å². The van der Waals surface area contributed by atoms with Crippen molar-refractivity contribution in [1.29, 1.82) is 0 Å². The van der Waals surface area contributed by atoms with E-state index < -0.39 is 0 Å². The first-order chi connectivity index (χ1) is 11.3. The van der Waals surface area contributed by atoms with E-state index in [0.29, 0.717) is 5.95 Å². The molecule has 2 heterocycles. The summed E-state index contributed by atoms with van der Waals surface area (Å²) >= 11 is 3.52. The second-order valence-corrected chi connectivity index (χ2v) is 6.34. The van der Waals surface area contributed by atoms with Gasteiger partial charge in [0.2, 0.25) is 5.95 Å². The van der Waals surface area contributed by atoms with Gasteiger partial charge < -0.3 is 15.4 Å². The highest BCUT2D eigenvalue weighted by atomic mass is 79.9. The van der Waals surface area contributed by atoms with Crippen LogP contribution in [0, 0.1) is 0 Å². The number of hydrogen-bond donors (Lipinski definition) is 2. The number of nitrogens with one attached hydrogen (secondary N) is 2. The number of rotatable bonds is 4. The van der Waals surface area contributed by atoms with Crippen LogP contribution in [0.4, 0.5) is 11.6 Å². The molecule has 0 atom stereocenters. The molecule has 1 fully saturated rings. The number of halogens is 1. The molecule has 1 aliphatic heterocycles. The molecule has 1 aliphatic rings. The lowest BCUT2D eigenvalue weighted by molar-refractivity contribution is 0.144. The summed E-state index contributed by atoms with van der Waals surface area (Å²) < 4.78 is 7.00. The van der Waals surface area contributed by atoms with Crippen molar-refractivity contribution in [1.82, 2.24) is 15.3 Å². The minimum atomic E-state index is 0.202. The molecule has 1 saturated heterocycles. The highest BCUT2D eigenvalue weighted by molar-refractivity contribution is 9.10. The standard InChI is InChI=1S/C17H15BrN4O/c18-12-6-11-8-20-17(21-13-4-2-1-3-5-13)22-16(11)15(7-12)23-14-9-19-10-14/h1-8,14,19H,9-10H2,(H,20,21,22). The van der Waals surface area contributed by atoms with Crippen molar-refractivity contribution in [3.8, 4) is 5.75 Å². The van der Waals surface area contributed by atoms with Crippen molar-refractivity contribution in [3.05, 3.63) is 53.1 Å². The van der Waals surface area contributed by atoms with Crippen molar-refractivity contribution in [3.63, 3.8) is 0 Å². The van der Waals surface area contributed by atoms with E-state index in [0.717, 1.165) is 39.9 Å². The lowest BCUT2D eigenvalue weighted by Gasteiger charge is -2.28. The van der Waals surface area contributed by atoms with Gasteiger partial charge in [-0.1, -0.05) is 34.1 Å². The number of aromatic nitrogens is 2. The van der Waals surface area contributed by atoms with Crippen molar-refractivity contribution in [2.75, 3.05) is 18.4 Å². The van der Waals surface area contributed by atoms with Crippen LogP contribution < -0.4 is 15.4 Å². The summed E-state index contributed by atoms with van der Waals surface area (Å²) in [6.07, 6.45) is 2.01. The highest BCUT2D eigenvalue weighted by Gasteiger charge is 2.20. The zero-order valence-electron chi connectivity index (χ0n) is 12.3. The smallest absolute Gasteiger partial charge is 0.227 e. The van der Waals surface area contributed by atoms with E-state index in [1.807, 2.05) is 48.7 Å². The third-order valence-corrected chi connectivity index (χ3v) is 4.14. The molecule has 0 unspecified atom stereocenters. The van der Waals surface area contributed by atoms with Gasteiger partial charge in [0.1, 0.15) is 17.4 Å². The molecule has 23 heavy (non-hydrogen) atoms. The lowest BCUT2D eigenvalue weighted by Crippen LogP contribution is -2.50. The average Bonchev–Trinajstić information content (AvgIpc) is 2.52. The fourth-order valence-electron chi connectivity index (χ4n) is 2.40. The molecule has 3 aromatic rings. The average molecular weight is 371 g/mol. The molecule has 2 N–H and O–H groups in total. The summed E-state index contributed by atoms with van der Waals surface area (Å²) in [7, 11) is 0. The van der Waals surface area contributed by atoms with Gasteiger partial charge in [0, 0.05) is 34.8 Å². The van der Waals surface area contributed by atoms with Crippen molar-refractivity contribution in [2.45, 2.75) is 6.10 Å². The first-order valence-electron chi connectivity index (χ1n) is 7.44. The van der Waals surface area contributed by atoms with E-state index in [-0.39, 0.29) is 6.10 Å². The third-order valence-electron chi connectivity index (χ3n) is 3.68. The monoisotopic (exact) mass is 370 g/mol. The van der Waals surface area contributed by atoms with Crippen LogP contribution in [0.2, 0.25) is 0 Å². The highest BCUT2D eigenvalue weighted by Crippen LogP contribution is 2.30. The van der Waals surface area contributed by atoms with E-state index in [4.69, 9.17) is 4.74 Å². The number of para-hydroxylation sites is 1. The van der Waals surface area contributed by atoms with Crippen LogP contribution in [0.25, 0.3) is 10.9 Å². The number of nitrogens with zero attached hydrogens (tertiary/aromatic N) is 2. The molecule has 0 spiro atoms. The Balaban J connectivity index is 1.70. The summed E-state index contributed by atoms with van der Waals surface area (Å²) in [5.41, 5.74) is 1.77. The Hall–Kier alpha value is -2.18. The fourth-order valence-corrected chi connectivity index (χ4v) is 2.86. The van der Waals surface area contributed by atoms with Crippen LogP contribution in [0.1, 0.15) is 0 Å². The SMILES string of the molecule is Brc1cc(OC2CNC2)c2nc(Nc3ccccc3)ncc2c1. The maximum absolute atomic E-state index is 6.04. The van der Waals surface area contributed by atoms with Gasteiger partial charge in [-0.3, -0.25) is 0 Å². The van der Waals surface area contributed by atoms with Crippen molar-refractivity contribution >= 4 is 38.5 Å². The Kier molecular flexibility index (Phi) is 3.85. The zero-order valence-corrected chi connectivity index (χ0v) is 13.9. The van der Waals surface area contributed by atoms with Gasteiger partial charge in [0.05, 0.1) is 0 Å². The molecular weight excluding hydrogens is 356 g/mol. The molecule has 0 aliphatic carbocycles. The van der Waals surface area contributed by atoms with Crippen LogP contribution in [-0.2, 0) is 0 Å². The Bertz CT molecular complexity index is 837. The number of fused-ring (bicyclic) bond motifs is 1. The second kappa shape index (κ2) is 6.14. The van der Waals surface area contributed by atoms with Gasteiger partial charge in [-0.25, -0.2) is 9.97 Å². The van der Waals surface area contributed by atoms with E-state index in [2.05, 4.69) is 36.5 Å². The normalized spacial score (nSPS) is 14.5. The van der Waals surface area contributed by atoms with Crippen LogP contribution >= 0.6 is 15.9 Å². The summed E-state index contributed by atoms with van der Waals surface area (Å²) in [5, 5.41) is 7.37. The van der Waals surface area contributed by atoms with E-state index in [1.54, 1.807) is 0 Å². The van der Waals surface area contributed by atoms with E-state index in [1.165, 1.54) is 0 Å². The summed E-state index contributed by atoms with van der Waals surface area (Å²) in [5.74, 6) is 1.34. The molecule has 1 aromatic heterocycles. The number of benzene rings is 2. The maximum atomic E-state index is 6.04. The minimum Gasteiger partial charge on any atom is -0.485 e. The molecule has 0 saturated carbocycles. The number of hydrogen-bond acceptors (Lipinski definition) is 5. The van der Waals surface area contributed by atoms with Gasteiger partial charge in [0.25, 0.3) is 0 Å². The molecule has 0 bridgehead atoms. The van der Waals surface area contributed by atoms with E-state index in [9.17, 15) is 0 Å². The zero-order chi connectivity index (χ0) is 15.6. The maximum Gasteiger partial charge on any atom is 0.227 e. The summed E-state index contributed by atoms with van der Waals surface area (Å²) in [4.78, 5) is 9.02. The number of anilines is 2. The molecule has 0 amide bonds. The molecule has 6 heteroatoms. The lowest BCUT2D eigenvalue weighted by atomic mass is 10.2. The molecule has 2 aromatic carbocycles. The predicted molar refractivity (Wildman–Crippen MR) is 94.2 cm³/mol. The molecule has 4 rings (SSSR count). The first-order valence-corrected chi connectivity index (χ1v) is 8.23. The largest absolute Gasteiger partial charge is 0.485 e. The molecular formula is C17H15BrN4O. The van der Waals surface area contributed by atoms with Gasteiger partial charge in [-0.05, 0) is 24.3 Å². The topological polar surface area (TPSA) is 59.1 Å². The Labute approximate surface area is 142 Å².